The monoisotopic (exact) mass is 284 g/mol. The third-order valence-electron chi connectivity index (χ3n) is 2.73. The highest BCUT2D eigenvalue weighted by molar-refractivity contribution is 5.70. The summed E-state index contributed by atoms with van der Waals surface area (Å²) in [7, 11) is 0. The summed E-state index contributed by atoms with van der Waals surface area (Å²) < 4.78 is 36.7. The van der Waals surface area contributed by atoms with Gasteiger partial charge in [-0.05, 0) is 18.1 Å². The van der Waals surface area contributed by atoms with E-state index in [0.29, 0.717) is 11.1 Å². The van der Waals surface area contributed by atoms with Crippen LogP contribution in [0.4, 0.5) is 13.2 Å². The van der Waals surface area contributed by atoms with Gasteiger partial charge in [0.15, 0.2) is 0 Å². The number of aromatic amines is 1. The average Bonchev–Trinajstić information content (AvgIpc) is 2.28. The fourth-order valence-electron chi connectivity index (χ4n) is 1.88. The number of aromatic nitrogens is 2. The molecule has 1 heterocycles. The van der Waals surface area contributed by atoms with Crippen LogP contribution in [0.1, 0.15) is 11.4 Å². The number of nitrogens with one attached hydrogen (secondary N) is 1. The highest BCUT2D eigenvalue weighted by atomic mass is 19.4. The molecule has 2 N–H and O–H groups in total. The number of halogens is 3. The van der Waals surface area contributed by atoms with E-state index in [1.807, 2.05) is 0 Å². The van der Waals surface area contributed by atoms with Crippen LogP contribution in [0.2, 0.25) is 0 Å². The van der Waals surface area contributed by atoms with Crippen LogP contribution >= 0.6 is 0 Å². The summed E-state index contributed by atoms with van der Waals surface area (Å²) in [5, 5.41) is 9.75. The SMILES string of the molecule is Cc1ccccc1-c1c(O)nc(CC(F)(F)F)[nH]c1=O. The molecule has 4 nitrogen and oxygen atoms in total. The molecule has 0 saturated carbocycles. The van der Waals surface area contributed by atoms with Crippen LogP contribution in [0.3, 0.4) is 0 Å². The van der Waals surface area contributed by atoms with Crippen LogP contribution in [0.5, 0.6) is 5.88 Å². The van der Waals surface area contributed by atoms with Crippen LogP contribution in [-0.4, -0.2) is 21.3 Å². The number of hydrogen-bond acceptors (Lipinski definition) is 3. The van der Waals surface area contributed by atoms with Gasteiger partial charge in [0.25, 0.3) is 5.56 Å². The van der Waals surface area contributed by atoms with Gasteiger partial charge in [0.1, 0.15) is 17.8 Å². The Morgan fingerprint density at radius 2 is 1.95 bits per heavy atom. The molecule has 0 atom stereocenters. The first-order chi connectivity index (χ1) is 9.28. The number of H-pyrrole nitrogens is 1. The van der Waals surface area contributed by atoms with Gasteiger partial charge in [0.05, 0.1) is 0 Å². The van der Waals surface area contributed by atoms with E-state index in [9.17, 15) is 23.1 Å². The van der Waals surface area contributed by atoms with E-state index in [0.717, 1.165) is 0 Å². The number of nitrogens with zero attached hydrogens (tertiary/aromatic N) is 1. The Morgan fingerprint density at radius 1 is 1.30 bits per heavy atom. The van der Waals surface area contributed by atoms with Crippen molar-refractivity contribution in [3.8, 4) is 17.0 Å². The first-order valence-electron chi connectivity index (χ1n) is 5.73. The summed E-state index contributed by atoms with van der Waals surface area (Å²) in [6.45, 7) is 1.72. The standard InChI is InChI=1S/C13H11F3N2O2/c1-7-4-2-3-5-8(7)10-11(19)17-9(18-12(10)20)6-13(14,15)16/h2-5H,6H2,1H3,(H2,17,18,19,20). The van der Waals surface area contributed by atoms with E-state index in [1.165, 1.54) is 0 Å². The van der Waals surface area contributed by atoms with Gasteiger partial charge in [-0.1, -0.05) is 24.3 Å². The quantitative estimate of drug-likeness (QED) is 0.890. The van der Waals surface area contributed by atoms with Gasteiger partial charge in [-0.15, -0.1) is 0 Å². The van der Waals surface area contributed by atoms with Gasteiger partial charge < -0.3 is 10.1 Å². The lowest BCUT2D eigenvalue weighted by molar-refractivity contribution is -0.128. The summed E-state index contributed by atoms with van der Waals surface area (Å²) in [4.78, 5) is 17.3. The van der Waals surface area contributed by atoms with Crippen molar-refractivity contribution < 1.29 is 18.3 Å². The van der Waals surface area contributed by atoms with Gasteiger partial charge >= 0.3 is 6.18 Å². The first-order valence-corrected chi connectivity index (χ1v) is 5.73. The maximum Gasteiger partial charge on any atom is 0.396 e. The summed E-state index contributed by atoms with van der Waals surface area (Å²) in [6.07, 6.45) is -5.91. The third kappa shape index (κ3) is 2.98. The van der Waals surface area contributed by atoms with Crippen molar-refractivity contribution in [2.75, 3.05) is 0 Å². The van der Waals surface area contributed by atoms with Gasteiger partial charge in [-0.25, -0.2) is 0 Å². The summed E-state index contributed by atoms with van der Waals surface area (Å²) >= 11 is 0. The summed E-state index contributed by atoms with van der Waals surface area (Å²) in [5.41, 5.74) is 0.205. The molecule has 0 spiro atoms. The number of aromatic hydroxyl groups is 1. The van der Waals surface area contributed by atoms with Gasteiger partial charge in [-0.3, -0.25) is 4.79 Å². The second-order valence-electron chi connectivity index (χ2n) is 4.32. The fourth-order valence-corrected chi connectivity index (χ4v) is 1.88. The molecule has 2 rings (SSSR count). The molecular formula is C13H11F3N2O2. The molecule has 0 amide bonds. The maximum atomic E-state index is 12.2. The van der Waals surface area contributed by atoms with Gasteiger partial charge in [0, 0.05) is 0 Å². The van der Waals surface area contributed by atoms with E-state index in [4.69, 9.17) is 0 Å². The van der Waals surface area contributed by atoms with Crippen LogP contribution in [0.15, 0.2) is 29.1 Å². The molecule has 0 aliphatic carbocycles. The third-order valence-corrected chi connectivity index (χ3v) is 2.73. The Balaban J connectivity index is 2.53. The fraction of sp³-hybridized carbons (Fsp3) is 0.231. The molecule has 0 saturated heterocycles. The molecule has 1 aromatic carbocycles. The van der Waals surface area contributed by atoms with E-state index in [-0.39, 0.29) is 5.56 Å². The minimum atomic E-state index is -4.51. The minimum Gasteiger partial charge on any atom is -0.493 e. The second kappa shape index (κ2) is 4.99. The normalized spacial score (nSPS) is 11.6. The minimum absolute atomic E-state index is 0.131. The Hall–Kier alpha value is -2.31. The van der Waals surface area contributed by atoms with Crippen LogP contribution < -0.4 is 5.56 Å². The molecule has 2 aromatic rings. The predicted octanol–water partition coefficient (Wildman–Crippen LogP) is 2.56. The maximum absolute atomic E-state index is 12.2. The second-order valence-corrected chi connectivity index (χ2v) is 4.32. The van der Waals surface area contributed by atoms with Crippen LogP contribution in [0, 0.1) is 6.92 Å². The van der Waals surface area contributed by atoms with Crippen molar-refractivity contribution >= 4 is 0 Å². The molecule has 0 aliphatic heterocycles. The molecule has 7 heteroatoms. The lowest BCUT2D eigenvalue weighted by Crippen LogP contribution is -2.20. The lowest BCUT2D eigenvalue weighted by Gasteiger charge is -2.09. The molecule has 0 bridgehead atoms. The van der Waals surface area contributed by atoms with E-state index in [2.05, 4.69) is 9.97 Å². The molecule has 0 aliphatic rings. The van der Waals surface area contributed by atoms with Crippen molar-refractivity contribution in [3.05, 3.63) is 46.0 Å². The molecule has 20 heavy (non-hydrogen) atoms. The van der Waals surface area contributed by atoms with Gasteiger partial charge in [0.2, 0.25) is 5.88 Å². The Kier molecular flexibility index (Phi) is 3.52. The molecule has 106 valence electrons. The van der Waals surface area contributed by atoms with Crippen molar-refractivity contribution in [2.45, 2.75) is 19.5 Å². The molecule has 1 aromatic heterocycles. The van der Waals surface area contributed by atoms with E-state index in [1.54, 1.807) is 31.2 Å². The number of hydrogen-bond donors (Lipinski definition) is 2. The highest BCUT2D eigenvalue weighted by Crippen LogP contribution is 2.27. The van der Waals surface area contributed by atoms with Crippen molar-refractivity contribution in [2.24, 2.45) is 0 Å². The molecule has 0 unspecified atom stereocenters. The number of benzene rings is 1. The molecule has 0 radical (unpaired) electrons. The Morgan fingerprint density at radius 3 is 2.50 bits per heavy atom. The number of alkyl halides is 3. The highest BCUT2D eigenvalue weighted by Gasteiger charge is 2.30. The smallest absolute Gasteiger partial charge is 0.396 e. The molecule has 0 fully saturated rings. The number of aryl methyl sites for hydroxylation is 1. The molecular weight excluding hydrogens is 273 g/mol. The lowest BCUT2D eigenvalue weighted by atomic mass is 10.0. The van der Waals surface area contributed by atoms with Crippen molar-refractivity contribution in [1.29, 1.82) is 0 Å². The van der Waals surface area contributed by atoms with Gasteiger partial charge in [-0.2, -0.15) is 18.2 Å². The average molecular weight is 284 g/mol. The number of rotatable bonds is 2. The predicted molar refractivity (Wildman–Crippen MR) is 66.5 cm³/mol. The Bertz CT molecular complexity index is 693. The van der Waals surface area contributed by atoms with Crippen molar-refractivity contribution in [3.63, 3.8) is 0 Å². The topological polar surface area (TPSA) is 66.0 Å². The zero-order valence-electron chi connectivity index (χ0n) is 10.5. The zero-order chi connectivity index (χ0) is 14.9. The van der Waals surface area contributed by atoms with Crippen molar-refractivity contribution in [1.82, 2.24) is 9.97 Å². The van der Waals surface area contributed by atoms with Crippen LogP contribution in [0.25, 0.3) is 11.1 Å². The first kappa shape index (κ1) is 14.1. The largest absolute Gasteiger partial charge is 0.493 e. The summed E-state index contributed by atoms with van der Waals surface area (Å²) in [5.74, 6) is -1.32. The van der Waals surface area contributed by atoms with E-state index < -0.39 is 29.9 Å². The summed E-state index contributed by atoms with van der Waals surface area (Å²) in [6, 6.07) is 6.71. The van der Waals surface area contributed by atoms with Crippen LogP contribution in [-0.2, 0) is 6.42 Å². The van der Waals surface area contributed by atoms with E-state index >= 15 is 0 Å². The Labute approximate surface area is 111 Å². The zero-order valence-corrected chi connectivity index (χ0v) is 10.5.